The number of H-pyrrole nitrogens is 1. The summed E-state index contributed by atoms with van der Waals surface area (Å²) in [6.45, 7) is -0.0826. The van der Waals surface area contributed by atoms with Gasteiger partial charge < -0.3 is 15.6 Å². The number of aromatic nitrogens is 2. The fourth-order valence-corrected chi connectivity index (χ4v) is 4.33. The van der Waals surface area contributed by atoms with Gasteiger partial charge in [0.05, 0.1) is 6.54 Å². The standard InChI is InChI=1S/C19H18N6O5S/c26-16(7-9-25-17(27)11-22-19(25)28)23-12-3-5-13(6-4-12)24-31(29,30)15-10-21-18-14(15)2-1-8-20-18/h1-6,8,10,24H,7,9,11H2,(H,20,21)(H,22,28)(H,23,26). The number of benzene rings is 1. The van der Waals surface area contributed by atoms with Crippen molar-refractivity contribution in [1.29, 1.82) is 0 Å². The number of hydrogen-bond donors (Lipinski definition) is 4. The quantitative estimate of drug-likeness (QED) is 0.404. The van der Waals surface area contributed by atoms with Crippen molar-refractivity contribution in [2.75, 3.05) is 23.1 Å². The molecule has 1 fully saturated rings. The van der Waals surface area contributed by atoms with Crippen LogP contribution in [0, 0.1) is 0 Å². The maximum absolute atomic E-state index is 12.7. The Morgan fingerprint density at radius 2 is 1.87 bits per heavy atom. The summed E-state index contributed by atoms with van der Waals surface area (Å²) in [5.41, 5.74) is 1.23. The summed E-state index contributed by atoms with van der Waals surface area (Å²) >= 11 is 0. The zero-order valence-corrected chi connectivity index (χ0v) is 16.9. The van der Waals surface area contributed by atoms with Crippen LogP contribution in [0.5, 0.6) is 0 Å². The lowest BCUT2D eigenvalue weighted by atomic mass is 10.2. The molecule has 3 heterocycles. The van der Waals surface area contributed by atoms with E-state index in [1.54, 1.807) is 30.5 Å². The molecule has 0 unspecified atom stereocenters. The maximum Gasteiger partial charge on any atom is 0.324 e. The minimum atomic E-state index is -3.84. The SMILES string of the molecule is O=C(CCN1C(=O)CNC1=O)Nc1ccc(NS(=O)(=O)c2c[nH]c3ncccc23)cc1. The monoisotopic (exact) mass is 442 g/mol. The third-order valence-corrected chi connectivity index (χ3v) is 6.04. The highest BCUT2D eigenvalue weighted by atomic mass is 32.2. The largest absolute Gasteiger partial charge is 0.345 e. The number of imide groups is 1. The van der Waals surface area contributed by atoms with Gasteiger partial charge in [-0.2, -0.15) is 0 Å². The number of sulfonamides is 1. The summed E-state index contributed by atoms with van der Waals surface area (Å²) in [5, 5.41) is 5.50. The van der Waals surface area contributed by atoms with Gasteiger partial charge in [-0.25, -0.2) is 18.2 Å². The zero-order chi connectivity index (χ0) is 22.0. The molecule has 0 saturated carbocycles. The van der Waals surface area contributed by atoms with Crippen LogP contribution >= 0.6 is 0 Å². The van der Waals surface area contributed by atoms with Crippen molar-refractivity contribution >= 4 is 50.3 Å². The Labute approximate surface area is 176 Å². The van der Waals surface area contributed by atoms with Crippen LogP contribution in [0.3, 0.4) is 0 Å². The van der Waals surface area contributed by atoms with Crippen molar-refractivity contribution in [3.8, 4) is 0 Å². The second-order valence-corrected chi connectivity index (χ2v) is 8.39. The summed E-state index contributed by atoms with van der Waals surface area (Å²) in [5.74, 6) is -0.757. The molecule has 4 N–H and O–H groups in total. The topological polar surface area (TPSA) is 153 Å². The predicted molar refractivity (Wildman–Crippen MR) is 112 cm³/mol. The fourth-order valence-electron chi connectivity index (χ4n) is 3.10. The number of fused-ring (bicyclic) bond motifs is 1. The summed E-state index contributed by atoms with van der Waals surface area (Å²) in [4.78, 5) is 43.0. The molecular weight excluding hydrogens is 424 g/mol. The van der Waals surface area contributed by atoms with E-state index in [9.17, 15) is 22.8 Å². The molecule has 4 rings (SSSR count). The minimum absolute atomic E-state index is 0.0200. The molecule has 3 aromatic rings. The molecule has 0 spiro atoms. The average molecular weight is 442 g/mol. The number of hydrogen-bond acceptors (Lipinski definition) is 6. The summed E-state index contributed by atoms with van der Waals surface area (Å²) in [6, 6.07) is 8.90. The van der Waals surface area contributed by atoms with E-state index >= 15 is 0 Å². The van der Waals surface area contributed by atoms with Crippen LogP contribution in [0.1, 0.15) is 6.42 Å². The first-order valence-electron chi connectivity index (χ1n) is 9.26. The van der Waals surface area contributed by atoms with Crippen molar-refractivity contribution in [1.82, 2.24) is 20.2 Å². The highest BCUT2D eigenvalue weighted by molar-refractivity contribution is 7.93. The maximum atomic E-state index is 12.7. The molecule has 2 aromatic heterocycles. The number of amides is 4. The van der Waals surface area contributed by atoms with Gasteiger partial charge in [0.15, 0.2) is 0 Å². The normalized spacial score (nSPS) is 14.0. The van der Waals surface area contributed by atoms with E-state index in [0.717, 1.165) is 4.90 Å². The molecule has 4 amide bonds. The Hall–Kier alpha value is -3.93. The number of carbonyl (C=O) groups excluding carboxylic acids is 3. The second kappa shape index (κ2) is 8.07. The number of aromatic amines is 1. The third-order valence-electron chi connectivity index (χ3n) is 4.62. The van der Waals surface area contributed by atoms with Crippen LogP contribution in [0.25, 0.3) is 11.0 Å². The Morgan fingerprint density at radius 3 is 2.58 bits per heavy atom. The lowest BCUT2D eigenvalue weighted by Crippen LogP contribution is -2.33. The van der Waals surface area contributed by atoms with Gasteiger partial charge in [-0.1, -0.05) is 0 Å². The summed E-state index contributed by atoms with van der Waals surface area (Å²) < 4.78 is 27.9. The molecule has 0 aliphatic carbocycles. The number of rotatable bonds is 7. The van der Waals surface area contributed by atoms with Crippen molar-refractivity contribution in [3.05, 3.63) is 48.8 Å². The molecule has 160 valence electrons. The number of anilines is 2. The van der Waals surface area contributed by atoms with Crippen molar-refractivity contribution in [3.63, 3.8) is 0 Å². The van der Waals surface area contributed by atoms with E-state index in [2.05, 4.69) is 25.3 Å². The molecule has 11 nitrogen and oxygen atoms in total. The first-order chi connectivity index (χ1) is 14.8. The highest BCUT2D eigenvalue weighted by Crippen LogP contribution is 2.24. The summed E-state index contributed by atoms with van der Waals surface area (Å²) in [7, 11) is -3.84. The van der Waals surface area contributed by atoms with Gasteiger partial charge in [-0.3, -0.25) is 19.2 Å². The van der Waals surface area contributed by atoms with E-state index in [4.69, 9.17) is 0 Å². The molecule has 0 atom stereocenters. The van der Waals surface area contributed by atoms with Crippen LogP contribution in [0.2, 0.25) is 0 Å². The molecule has 1 aromatic carbocycles. The van der Waals surface area contributed by atoms with Crippen molar-refractivity contribution in [2.45, 2.75) is 11.3 Å². The Kier molecular flexibility index (Phi) is 5.29. The molecule has 12 heteroatoms. The lowest BCUT2D eigenvalue weighted by molar-refractivity contribution is -0.125. The number of pyridine rings is 1. The van der Waals surface area contributed by atoms with Crippen LogP contribution in [0.4, 0.5) is 16.2 Å². The van der Waals surface area contributed by atoms with Crippen LogP contribution in [0.15, 0.2) is 53.7 Å². The Balaban J connectivity index is 1.37. The molecule has 31 heavy (non-hydrogen) atoms. The number of urea groups is 1. The van der Waals surface area contributed by atoms with Crippen molar-refractivity contribution in [2.24, 2.45) is 0 Å². The van der Waals surface area contributed by atoms with E-state index in [1.807, 2.05) is 0 Å². The highest BCUT2D eigenvalue weighted by Gasteiger charge is 2.28. The lowest BCUT2D eigenvalue weighted by Gasteiger charge is -2.12. The van der Waals surface area contributed by atoms with E-state index in [0.29, 0.717) is 22.4 Å². The zero-order valence-electron chi connectivity index (χ0n) is 16.1. The van der Waals surface area contributed by atoms with Gasteiger partial charge in [0.25, 0.3) is 10.0 Å². The molecule has 1 saturated heterocycles. The van der Waals surface area contributed by atoms with Gasteiger partial charge >= 0.3 is 6.03 Å². The van der Waals surface area contributed by atoms with E-state index in [-0.39, 0.29) is 36.2 Å². The van der Waals surface area contributed by atoms with Gasteiger partial charge in [0, 0.05) is 42.1 Å². The minimum Gasteiger partial charge on any atom is -0.345 e. The first-order valence-corrected chi connectivity index (χ1v) is 10.7. The Morgan fingerprint density at radius 1 is 1.13 bits per heavy atom. The molecule has 0 bridgehead atoms. The second-order valence-electron chi connectivity index (χ2n) is 6.74. The predicted octanol–water partition coefficient (Wildman–Crippen LogP) is 1.24. The molecular formula is C19H18N6O5S. The average Bonchev–Trinajstić information content (AvgIpc) is 3.31. The van der Waals surface area contributed by atoms with Gasteiger partial charge in [0.1, 0.15) is 10.5 Å². The number of nitrogens with zero attached hydrogens (tertiary/aromatic N) is 2. The van der Waals surface area contributed by atoms with E-state index in [1.165, 1.54) is 18.3 Å². The van der Waals surface area contributed by atoms with Crippen LogP contribution < -0.4 is 15.4 Å². The first kappa shape index (κ1) is 20.3. The third kappa shape index (κ3) is 4.33. The molecule has 0 radical (unpaired) electrons. The number of carbonyl (C=O) groups is 3. The molecule has 1 aliphatic heterocycles. The Bertz CT molecular complexity index is 1250. The van der Waals surface area contributed by atoms with Crippen molar-refractivity contribution < 1.29 is 22.8 Å². The van der Waals surface area contributed by atoms with Gasteiger partial charge in [-0.05, 0) is 36.4 Å². The number of nitrogens with one attached hydrogen (secondary N) is 4. The fraction of sp³-hybridized carbons (Fsp3) is 0.158. The van der Waals surface area contributed by atoms with Crippen LogP contribution in [-0.2, 0) is 19.6 Å². The molecule has 1 aliphatic rings. The van der Waals surface area contributed by atoms with E-state index < -0.39 is 16.1 Å². The summed E-state index contributed by atoms with van der Waals surface area (Å²) in [6.07, 6.45) is 2.88. The van der Waals surface area contributed by atoms with Gasteiger partial charge in [0.2, 0.25) is 11.8 Å². The van der Waals surface area contributed by atoms with Crippen LogP contribution in [-0.4, -0.2) is 54.2 Å². The smallest absolute Gasteiger partial charge is 0.324 e. The van der Waals surface area contributed by atoms with Gasteiger partial charge in [-0.15, -0.1) is 0 Å².